The molecule has 0 saturated carbocycles. The Labute approximate surface area is 91.5 Å². The molecule has 0 spiro atoms. The van der Waals surface area contributed by atoms with Crippen molar-refractivity contribution in [1.82, 2.24) is 0 Å². The first kappa shape index (κ1) is 11.6. The Morgan fingerprint density at radius 3 is 2.53 bits per heavy atom. The molecule has 0 aliphatic heterocycles. The molecule has 0 radical (unpaired) electrons. The second-order valence-electron chi connectivity index (χ2n) is 3.56. The summed E-state index contributed by atoms with van der Waals surface area (Å²) in [6, 6.07) is 5.95. The minimum atomic E-state index is 0.651. The average molecular weight is 206 g/mol. The van der Waals surface area contributed by atoms with Gasteiger partial charge in [0.2, 0.25) is 0 Å². The quantitative estimate of drug-likeness (QED) is 0.750. The third kappa shape index (κ3) is 3.31. The Hall–Kier alpha value is -1.44. The topological polar surface area (TPSA) is 18.5 Å². The molecule has 0 bridgehead atoms. The summed E-state index contributed by atoms with van der Waals surface area (Å²) in [6.45, 7) is 6.76. The van der Waals surface area contributed by atoms with E-state index in [0.717, 1.165) is 17.1 Å². The predicted molar refractivity (Wildman–Crippen MR) is 63.5 cm³/mol. The fraction of sp³-hybridized carbons (Fsp3) is 0.385. The number of hydrogen-bond donors (Lipinski definition) is 0. The SMILES string of the molecule is CCOc1ccc(C=C(C)C)cc1OC. The molecule has 82 valence electrons. The molecule has 0 heterocycles. The highest BCUT2D eigenvalue weighted by Gasteiger charge is 2.03. The van der Waals surface area contributed by atoms with Crippen molar-refractivity contribution in [2.45, 2.75) is 20.8 Å². The second kappa shape index (κ2) is 5.44. The van der Waals surface area contributed by atoms with E-state index in [1.54, 1.807) is 7.11 Å². The molecule has 1 aromatic carbocycles. The van der Waals surface area contributed by atoms with Crippen LogP contribution >= 0.6 is 0 Å². The third-order valence-corrected chi connectivity index (χ3v) is 1.94. The Morgan fingerprint density at radius 1 is 1.27 bits per heavy atom. The standard InChI is InChI=1S/C13H18O2/c1-5-15-12-7-6-11(8-10(2)3)9-13(12)14-4/h6-9H,5H2,1-4H3. The first-order chi connectivity index (χ1) is 7.17. The largest absolute Gasteiger partial charge is 0.493 e. The Balaban J connectivity index is 3.02. The Morgan fingerprint density at radius 2 is 2.00 bits per heavy atom. The maximum atomic E-state index is 5.44. The molecule has 0 aromatic heterocycles. The van der Waals surface area contributed by atoms with Gasteiger partial charge in [0.25, 0.3) is 0 Å². The van der Waals surface area contributed by atoms with E-state index in [0.29, 0.717) is 6.61 Å². The van der Waals surface area contributed by atoms with Gasteiger partial charge in [-0.25, -0.2) is 0 Å². The lowest BCUT2D eigenvalue weighted by Gasteiger charge is -2.09. The van der Waals surface area contributed by atoms with Crippen LogP contribution in [0.5, 0.6) is 11.5 Å². The normalized spacial score (nSPS) is 9.60. The molecule has 15 heavy (non-hydrogen) atoms. The summed E-state index contributed by atoms with van der Waals surface area (Å²) in [4.78, 5) is 0. The van der Waals surface area contributed by atoms with Gasteiger partial charge in [0.1, 0.15) is 0 Å². The smallest absolute Gasteiger partial charge is 0.161 e. The lowest BCUT2D eigenvalue weighted by atomic mass is 10.1. The molecule has 1 aromatic rings. The van der Waals surface area contributed by atoms with Crippen molar-refractivity contribution in [2.24, 2.45) is 0 Å². The molecule has 0 unspecified atom stereocenters. The summed E-state index contributed by atoms with van der Waals surface area (Å²) in [5.41, 5.74) is 2.40. The van der Waals surface area contributed by atoms with Gasteiger partial charge in [0.05, 0.1) is 13.7 Å². The van der Waals surface area contributed by atoms with Crippen molar-refractivity contribution in [3.8, 4) is 11.5 Å². The molecular formula is C13H18O2. The van der Waals surface area contributed by atoms with E-state index in [4.69, 9.17) is 9.47 Å². The van der Waals surface area contributed by atoms with E-state index in [1.165, 1.54) is 5.57 Å². The fourth-order valence-electron chi connectivity index (χ4n) is 1.38. The highest BCUT2D eigenvalue weighted by molar-refractivity contribution is 5.57. The van der Waals surface area contributed by atoms with Crippen LogP contribution in [-0.4, -0.2) is 13.7 Å². The van der Waals surface area contributed by atoms with Crippen LogP contribution in [0.3, 0.4) is 0 Å². The summed E-state index contributed by atoms with van der Waals surface area (Å²) in [5.74, 6) is 1.58. The maximum Gasteiger partial charge on any atom is 0.161 e. The zero-order valence-electron chi connectivity index (χ0n) is 9.83. The van der Waals surface area contributed by atoms with Gasteiger partial charge in [-0.3, -0.25) is 0 Å². The zero-order chi connectivity index (χ0) is 11.3. The second-order valence-corrected chi connectivity index (χ2v) is 3.56. The van der Waals surface area contributed by atoms with E-state index < -0.39 is 0 Å². The Kier molecular flexibility index (Phi) is 4.22. The van der Waals surface area contributed by atoms with Gasteiger partial charge in [0, 0.05) is 0 Å². The van der Waals surface area contributed by atoms with E-state index in [9.17, 15) is 0 Å². The summed E-state index contributed by atoms with van der Waals surface area (Å²) in [6.07, 6.45) is 2.11. The van der Waals surface area contributed by atoms with Crippen molar-refractivity contribution < 1.29 is 9.47 Å². The highest BCUT2D eigenvalue weighted by atomic mass is 16.5. The van der Waals surface area contributed by atoms with E-state index >= 15 is 0 Å². The van der Waals surface area contributed by atoms with Gasteiger partial charge >= 0.3 is 0 Å². The molecule has 1 rings (SSSR count). The van der Waals surface area contributed by atoms with Gasteiger partial charge in [-0.1, -0.05) is 17.7 Å². The number of rotatable bonds is 4. The van der Waals surface area contributed by atoms with Crippen molar-refractivity contribution in [3.05, 3.63) is 29.3 Å². The van der Waals surface area contributed by atoms with Gasteiger partial charge < -0.3 is 9.47 Å². The van der Waals surface area contributed by atoms with Crippen molar-refractivity contribution >= 4 is 6.08 Å². The van der Waals surface area contributed by atoms with E-state index in [2.05, 4.69) is 19.9 Å². The molecule has 0 N–H and O–H groups in total. The van der Waals surface area contributed by atoms with Crippen LogP contribution in [0.25, 0.3) is 6.08 Å². The maximum absolute atomic E-state index is 5.44. The lowest BCUT2D eigenvalue weighted by molar-refractivity contribution is 0.311. The van der Waals surface area contributed by atoms with Crippen molar-refractivity contribution in [3.63, 3.8) is 0 Å². The van der Waals surface area contributed by atoms with Crippen LogP contribution in [0.4, 0.5) is 0 Å². The van der Waals surface area contributed by atoms with Gasteiger partial charge in [-0.2, -0.15) is 0 Å². The number of hydrogen-bond acceptors (Lipinski definition) is 2. The lowest BCUT2D eigenvalue weighted by Crippen LogP contribution is -1.95. The van der Waals surface area contributed by atoms with E-state index in [-0.39, 0.29) is 0 Å². The first-order valence-electron chi connectivity index (χ1n) is 5.13. The number of methoxy groups -OCH3 is 1. The van der Waals surface area contributed by atoms with Gasteiger partial charge in [-0.05, 0) is 38.5 Å². The third-order valence-electron chi connectivity index (χ3n) is 1.94. The van der Waals surface area contributed by atoms with Crippen LogP contribution in [0.2, 0.25) is 0 Å². The minimum absolute atomic E-state index is 0.651. The summed E-state index contributed by atoms with van der Waals surface area (Å²) in [5, 5.41) is 0. The number of allylic oxidation sites excluding steroid dienone is 1. The number of benzene rings is 1. The monoisotopic (exact) mass is 206 g/mol. The minimum Gasteiger partial charge on any atom is -0.493 e. The molecule has 2 heteroatoms. The van der Waals surface area contributed by atoms with Crippen LogP contribution in [0, 0.1) is 0 Å². The van der Waals surface area contributed by atoms with Crippen LogP contribution in [0.15, 0.2) is 23.8 Å². The molecule has 2 nitrogen and oxygen atoms in total. The summed E-state index contributed by atoms with van der Waals surface area (Å²) in [7, 11) is 1.66. The predicted octanol–water partition coefficient (Wildman–Crippen LogP) is 3.52. The van der Waals surface area contributed by atoms with Crippen LogP contribution in [0.1, 0.15) is 26.3 Å². The highest BCUT2D eigenvalue weighted by Crippen LogP contribution is 2.28. The summed E-state index contributed by atoms with van der Waals surface area (Å²) < 4.78 is 10.7. The fourth-order valence-corrected chi connectivity index (χ4v) is 1.38. The van der Waals surface area contributed by atoms with Crippen LogP contribution < -0.4 is 9.47 Å². The average Bonchev–Trinajstić information content (AvgIpc) is 2.20. The molecule has 0 fully saturated rings. The molecular weight excluding hydrogens is 188 g/mol. The number of ether oxygens (including phenoxy) is 2. The van der Waals surface area contributed by atoms with Crippen LogP contribution in [-0.2, 0) is 0 Å². The van der Waals surface area contributed by atoms with Gasteiger partial charge in [0.15, 0.2) is 11.5 Å². The van der Waals surface area contributed by atoms with E-state index in [1.807, 2.05) is 25.1 Å². The first-order valence-corrected chi connectivity index (χ1v) is 5.13. The zero-order valence-corrected chi connectivity index (χ0v) is 9.83. The molecule has 0 atom stereocenters. The molecule has 0 aliphatic rings. The van der Waals surface area contributed by atoms with Crippen molar-refractivity contribution in [2.75, 3.05) is 13.7 Å². The Bertz CT molecular complexity index is 350. The summed E-state index contributed by atoms with van der Waals surface area (Å²) >= 11 is 0. The molecule has 0 amide bonds. The molecule has 0 saturated heterocycles. The van der Waals surface area contributed by atoms with Crippen molar-refractivity contribution in [1.29, 1.82) is 0 Å². The van der Waals surface area contributed by atoms with Gasteiger partial charge in [-0.15, -0.1) is 0 Å². The molecule has 0 aliphatic carbocycles.